The van der Waals surface area contributed by atoms with Gasteiger partial charge in [-0.1, -0.05) is 17.7 Å². The standard InChI is InChI=1S/C22H19ClN4O5/c1-13(16-4-2-3-7-24-16)25-17-6-5-14(10-19(17)27(29)30)22(28)26-18-12-21-20(11-15(18)23)31-8-9-32-21/h2-7,10-13,25H,8-9H2,1H3,(H,26,28). The Morgan fingerprint density at radius 3 is 2.56 bits per heavy atom. The maximum Gasteiger partial charge on any atom is 0.293 e. The average molecular weight is 455 g/mol. The van der Waals surface area contributed by atoms with Crippen LogP contribution in [0.5, 0.6) is 11.5 Å². The van der Waals surface area contributed by atoms with Crippen LogP contribution in [0.25, 0.3) is 0 Å². The van der Waals surface area contributed by atoms with Crippen molar-refractivity contribution < 1.29 is 19.2 Å². The molecule has 0 fully saturated rings. The molecule has 1 amide bonds. The highest BCUT2D eigenvalue weighted by atomic mass is 35.5. The molecule has 0 spiro atoms. The first-order valence-electron chi connectivity index (χ1n) is 9.79. The number of pyridine rings is 1. The molecule has 0 saturated heterocycles. The van der Waals surface area contributed by atoms with Crippen molar-refractivity contribution in [1.29, 1.82) is 0 Å². The third-order valence-corrected chi connectivity index (χ3v) is 5.15. The van der Waals surface area contributed by atoms with Crippen LogP contribution < -0.4 is 20.1 Å². The van der Waals surface area contributed by atoms with E-state index in [0.29, 0.717) is 30.4 Å². The monoisotopic (exact) mass is 454 g/mol. The van der Waals surface area contributed by atoms with Crippen molar-refractivity contribution in [2.45, 2.75) is 13.0 Å². The van der Waals surface area contributed by atoms with Crippen LogP contribution in [-0.2, 0) is 0 Å². The number of aromatic nitrogens is 1. The van der Waals surface area contributed by atoms with Gasteiger partial charge in [0.15, 0.2) is 11.5 Å². The van der Waals surface area contributed by atoms with E-state index in [-0.39, 0.29) is 28.0 Å². The lowest BCUT2D eigenvalue weighted by atomic mass is 10.1. The number of nitro benzene ring substituents is 1. The van der Waals surface area contributed by atoms with Crippen LogP contribution in [0.2, 0.25) is 5.02 Å². The molecule has 1 atom stereocenters. The van der Waals surface area contributed by atoms with E-state index in [1.807, 2.05) is 19.1 Å². The van der Waals surface area contributed by atoms with E-state index >= 15 is 0 Å². The fourth-order valence-corrected chi connectivity index (χ4v) is 3.44. The molecule has 0 saturated carbocycles. The molecule has 0 radical (unpaired) electrons. The number of hydrogen-bond donors (Lipinski definition) is 2. The Balaban J connectivity index is 1.56. The number of carbonyl (C=O) groups excluding carboxylic acids is 1. The fourth-order valence-electron chi connectivity index (χ4n) is 3.24. The predicted octanol–water partition coefficient (Wildman–Crippen LogP) is 4.84. The number of nitrogens with one attached hydrogen (secondary N) is 2. The molecular formula is C22H19ClN4O5. The van der Waals surface area contributed by atoms with Gasteiger partial charge in [0.05, 0.1) is 27.4 Å². The number of nitro groups is 1. The summed E-state index contributed by atoms with van der Waals surface area (Å²) in [7, 11) is 0. The third-order valence-electron chi connectivity index (χ3n) is 4.84. The summed E-state index contributed by atoms with van der Waals surface area (Å²) in [5.74, 6) is 0.410. The van der Waals surface area contributed by atoms with Crippen molar-refractivity contribution in [3.05, 3.63) is 81.1 Å². The van der Waals surface area contributed by atoms with Crippen molar-refractivity contribution in [2.75, 3.05) is 23.8 Å². The van der Waals surface area contributed by atoms with Gasteiger partial charge >= 0.3 is 0 Å². The number of fused-ring (bicyclic) bond motifs is 1. The Hall–Kier alpha value is -3.85. The van der Waals surface area contributed by atoms with Crippen LogP contribution in [0.3, 0.4) is 0 Å². The number of ether oxygens (including phenoxy) is 2. The van der Waals surface area contributed by atoms with E-state index in [4.69, 9.17) is 21.1 Å². The average Bonchev–Trinajstić information content (AvgIpc) is 2.80. The van der Waals surface area contributed by atoms with Gasteiger partial charge in [0, 0.05) is 30.0 Å². The van der Waals surface area contributed by atoms with E-state index in [1.54, 1.807) is 24.4 Å². The largest absolute Gasteiger partial charge is 0.486 e. The maximum atomic E-state index is 12.8. The Kier molecular flexibility index (Phi) is 6.09. The summed E-state index contributed by atoms with van der Waals surface area (Å²) in [6, 6.07) is 12.5. The molecule has 0 bridgehead atoms. The molecule has 1 aliphatic heterocycles. The van der Waals surface area contributed by atoms with Crippen molar-refractivity contribution in [1.82, 2.24) is 4.98 Å². The Labute approximate surface area is 188 Å². The zero-order chi connectivity index (χ0) is 22.7. The molecule has 1 aliphatic rings. The minimum Gasteiger partial charge on any atom is -0.486 e. The molecule has 1 aromatic heterocycles. The molecule has 2 heterocycles. The van der Waals surface area contributed by atoms with Gasteiger partial charge in [0.1, 0.15) is 18.9 Å². The summed E-state index contributed by atoms with van der Waals surface area (Å²) in [5.41, 5.74) is 1.21. The lowest BCUT2D eigenvalue weighted by molar-refractivity contribution is -0.384. The van der Waals surface area contributed by atoms with Gasteiger partial charge in [-0.2, -0.15) is 0 Å². The molecule has 164 valence electrons. The van der Waals surface area contributed by atoms with Gasteiger partial charge in [0.2, 0.25) is 0 Å². The molecule has 4 rings (SSSR count). The third kappa shape index (κ3) is 4.57. The van der Waals surface area contributed by atoms with E-state index in [2.05, 4.69) is 15.6 Å². The van der Waals surface area contributed by atoms with E-state index < -0.39 is 10.8 Å². The van der Waals surface area contributed by atoms with Gasteiger partial charge in [-0.25, -0.2) is 0 Å². The lowest BCUT2D eigenvalue weighted by Gasteiger charge is -2.20. The second-order valence-electron chi connectivity index (χ2n) is 7.04. The summed E-state index contributed by atoms with van der Waals surface area (Å²) >= 11 is 6.24. The molecule has 2 aromatic carbocycles. The summed E-state index contributed by atoms with van der Waals surface area (Å²) in [6.07, 6.45) is 1.65. The first kappa shape index (κ1) is 21.4. The molecule has 32 heavy (non-hydrogen) atoms. The molecule has 1 unspecified atom stereocenters. The highest BCUT2D eigenvalue weighted by molar-refractivity contribution is 6.34. The van der Waals surface area contributed by atoms with Gasteiger partial charge in [0.25, 0.3) is 11.6 Å². The number of nitrogens with zero attached hydrogens (tertiary/aromatic N) is 2. The van der Waals surface area contributed by atoms with E-state index in [1.165, 1.54) is 18.2 Å². The summed E-state index contributed by atoms with van der Waals surface area (Å²) < 4.78 is 11.0. The van der Waals surface area contributed by atoms with Gasteiger partial charge < -0.3 is 20.1 Å². The van der Waals surface area contributed by atoms with Crippen LogP contribution in [0.1, 0.15) is 29.0 Å². The fraction of sp³-hybridized carbons (Fsp3) is 0.182. The zero-order valence-corrected chi connectivity index (χ0v) is 17.8. The Morgan fingerprint density at radius 1 is 1.12 bits per heavy atom. The molecular weight excluding hydrogens is 436 g/mol. The summed E-state index contributed by atoms with van der Waals surface area (Å²) in [4.78, 5) is 28.1. The van der Waals surface area contributed by atoms with Crippen molar-refractivity contribution in [3.63, 3.8) is 0 Å². The highest BCUT2D eigenvalue weighted by Crippen LogP contribution is 2.38. The number of carbonyl (C=O) groups is 1. The van der Waals surface area contributed by atoms with E-state index in [9.17, 15) is 14.9 Å². The van der Waals surface area contributed by atoms with Gasteiger partial charge in [-0.15, -0.1) is 0 Å². The smallest absolute Gasteiger partial charge is 0.293 e. The van der Waals surface area contributed by atoms with Crippen LogP contribution in [0, 0.1) is 10.1 Å². The first-order valence-corrected chi connectivity index (χ1v) is 10.2. The van der Waals surface area contributed by atoms with E-state index in [0.717, 1.165) is 5.69 Å². The second kappa shape index (κ2) is 9.11. The van der Waals surface area contributed by atoms with Crippen molar-refractivity contribution >= 4 is 34.6 Å². The van der Waals surface area contributed by atoms with Crippen molar-refractivity contribution in [3.8, 4) is 11.5 Å². The van der Waals surface area contributed by atoms with Crippen LogP contribution in [0.15, 0.2) is 54.7 Å². The van der Waals surface area contributed by atoms with Crippen LogP contribution in [-0.4, -0.2) is 29.0 Å². The zero-order valence-electron chi connectivity index (χ0n) is 17.0. The van der Waals surface area contributed by atoms with Crippen LogP contribution in [0.4, 0.5) is 17.1 Å². The minimum absolute atomic E-state index is 0.110. The lowest BCUT2D eigenvalue weighted by Crippen LogP contribution is -2.17. The first-order chi connectivity index (χ1) is 15.4. The SMILES string of the molecule is CC(Nc1ccc(C(=O)Nc2cc3c(cc2Cl)OCCO3)cc1[N+](=O)[O-])c1ccccn1. The highest BCUT2D eigenvalue weighted by Gasteiger charge is 2.21. The Morgan fingerprint density at radius 2 is 1.88 bits per heavy atom. The maximum absolute atomic E-state index is 12.8. The number of rotatable bonds is 6. The number of benzene rings is 2. The molecule has 10 heteroatoms. The minimum atomic E-state index is -0.545. The summed E-state index contributed by atoms with van der Waals surface area (Å²) in [6.45, 7) is 2.65. The number of halogens is 1. The molecule has 2 N–H and O–H groups in total. The number of anilines is 2. The molecule has 0 aliphatic carbocycles. The summed E-state index contributed by atoms with van der Waals surface area (Å²) in [5, 5.41) is 17.7. The quantitative estimate of drug-likeness (QED) is 0.404. The molecule has 9 nitrogen and oxygen atoms in total. The topological polar surface area (TPSA) is 116 Å². The molecule has 3 aromatic rings. The predicted molar refractivity (Wildman–Crippen MR) is 120 cm³/mol. The number of amides is 1. The van der Waals surface area contributed by atoms with Gasteiger partial charge in [-0.3, -0.25) is 19.9 Å². The van der Waals surface area contributed by atoms with Crippen LogP contribution >= 0.6 is 11.6 Å². The van der Waals surface area contributed by atoms with Gasteiger partial charge in [-0.05, 0) is 31.2 Å². The normalized spacial score (nSPS) is 13.2. The number of hydrogen-bond acceptors (Lipinski definition) is 7. The Bertz CT molecular complexity index is 1170. The van der Waals surface area contributed by atoms with Crippen molar-refractivity contribution in [2.24, 2.45) is 0 Å². The second-order valence-corrected chi connectivity index (χ2v) is 7.45.